The Morgan fingerprint density at radius 2 is 2.05 bits per heavy atom. The molecule has 0 saturated heterocycles. The quantitative estimate of drug-likeness (QED) is 0.878. The molecule has 0 aliphatic rings. The number of rotatable bonds is 3. The molecule has 2 rings (SSSR count). The third-order valence-corrected chi connectivity index (χ3v) is 3.38. The third kappa shape index (κ3) is 3.46. The zero-order valence-corrected chi connectivity index (χ0v) is 12.1. The Hall–Kier alpha value is -1.57. The Morgan fingerprint density at radius 3 is 2.74 bits per heavy atom. The summed E-state index contributed by atoms with van der Waals surface area (Å²) in [6.07, 6.45) is 0. The molecule has 0 bridgehead atoms. The first-order chi connectivity index (χ1) is 9.10. The molecule has 0 aliphatic carbocycles. The average molecular weight is 340 g/mol. The van der Waals surface area contributed by atoms with Gasteiger partial charge in [0.15, 0.2) is 0 Å². The van der Waals surface area contributed by atoms with Gasteiger partial charge in [0, 0.05) is 16.6 Å². The van der Waals surface area contributed by atoms with E-state index < -0.39 is 0 Å². The molecule has 0 heterocycles. The molecule has 0 spiro atoms. The van der Waals surface area contributed by atoms with E-state index in [0.717, 1.165) is 4.47 Å². The fourth-order valence-corrected chi connectivity index (χ4v) is 2.25. The molecule has 19 heavy (non-hydrogen) atoms. The molecular weight excluding hydrogens is 331 g/mol. The van der Waals surface area contributed by atoms with Crippen LogP contribution in [0.1, 0.15) is 11.1 Å². The highest BCUT2D eigenvalue weighted by Gasteiger charge is 2.05. The van der Waals surface area contributed by atoms with E-state index in [1.165, 1.54) is 6.07 Å². The lowest BCUT2D eigenvalue weighted by atomic mass is 10.2. The van der Waals surface area contributed by atoms with Crippen molar-refractivity contribution in [2.45, 2.75) is 6.54 Å². The molecule has 0 saturated carbocycles. The highest BCUT2D eigenvalue weighted by Crippen LogP contribution is 2.24. The van der Waals surface area contributed by atoms with Gasteiger partial charge < -0.3 is 5.32 Å². The molecule has 1 N–H and O–H groups in total. The molecule has 0 radical (unpaired) electrons. The van der Waals surface area contributed by atoms with E-state index in [-0.39, 0.29) is 5.82 Å². The maximum absolute atomic E-state index is 13.6. The molecule has 0 aliphatic heterocycles. The van der Waals surface area contributed by atoms with Gasteiger partial charge in [0.2, 0.25) is 0 Å². The molecule has 0 fully saturated rings. The number of benzene rings is 2. The van der Waals surface area contributed by atoms with Crippen LogP contribution in [0.15, 0.2) is 40.9 Å². The van der Waals surface area contributed by atoms with Gasteiger partial charge in [-0.15, -0.1) is 0 Å². The van der Waals surface area contributed by atoms with E-state index >= 15 is 0 Å². The van der Waals surface area contributed by atoms with Gasteiger partial charge in [-0.1, -0.05) is 27.5 Å². The van der Waals surface area contributed by atoms with Gasteiger partial charge in [0.25, 0.3) is 0 Å². The van der Waals surface area contributed by atoms with Crippen LogP contribution >= 0.6 is 27.5 Å². The van der Waals surface area contributed by atoms with Crippen molar-refractivity contribution in [2.75, 3.05) is 5.32 Å². The first-order valence-corrected chi connectivity index (χ1v) is 6.64. The van der Waals surface area contributed by atoms with E-state index in [9.17, 15) is 4.39 Å². The summed E-state index contributed by atoms with van der Waals surface area (Å²) in [6, 6.07) is 11.7. The normalized spacial score (nSPS) is 10.0. The second-order valence-electron chi connectivity index (χ2n) is 3.90. The van der Waals surface area contributed by atoms with Crippen molar-refractivity contribution in [3.63, 3.8) is 0 Å². The Labute approximate surface area is 123 Å². The summed E-state index contributed by atoms with van der Waals surface area (Å²) in [4.78, 5) is 0. The fraction of sp³-hybridized carbons (Fsp3) is 0.0714. The lowest BCUT2D eigenvalue weighted by molar-refractivity contribution is 0.612. The Kier molecular flexibility index (Phi) is 4.41. The number of anilines is 1. The van der Waals surface area contributed by atoms with Crippen LogP contribution in [-0.4, -0.2) is 0 Å². The first kappa shape index (κ1) is 13.9. The van der Waals surface area contributed by atoms with Gasteiger partial charge in [-0.05, 0) is 36.4 Å². The smallest absolute Gasteiger partial charge is 0.128 e. The second kappa shape index (κ2) is 6.05. The Balaban J connectivity index is 2.15. The zero-order valence-electron chi connectivity index (χ0n) is 9.75. The molecule has 0 unspecified atom stereocenters. The number of nitriles is 1. The minimum Gasteiger partial charge on any atom is -0.380 e. The van der Waals surface area contributed by atoms with Crippen molar-refractivity contribution < 1.29 is 4.39 Å². The van der Waals surface area contributed by atoms with Crippen LogP contribution in [0.4, 0.5) is 10.1 Å². The Bertz CT molecular complexity index is 652. The van der Waals surface area contributed by atoms with Crippen molar-refractivity contribution >= 4 is 33.2 Å². The lowest BCUT2D eigenvalue weighted by Crippen LogP contribution is -2.02. The van der Waals surface area contributed by atoms with Crippen molar-refractivity contribution in [2.24, 2.45) is 0 Å². The predicted octanol–water partition coefficient (Wildman–Crippen LogP) is 4.73. The van der Waals surface area contributed by atoms with Gasteiger partial charge >= 0.3 is 0 Å². The second-order valence-corrected chi connectivity index (χ2v) is 5.22. The molecular formula is C14H9BrClFN2. The van der Waals surface area contributed by atoms with Crippen LogP contribution in [-0.2, 0) is 6.54 Å². The largest absolute Gasteiger partial charge is 0.380 e. The third-order valence-electron chi connectivity index (χ3n) is 2.58. The summed E-state index contributed by atoms with van der Waals surface area (Å²) < 4.78 is 14.4. The van der Waals surface area contributed by atoms with Crippen molar-refractivity contribution in [1.82, 2.24) is 0 Å². The standard InChI is InChI=1S/C14H9BrClFN2/c15-11-2-3-13(17)10(6-11)8-19-14-4-1-9(7-18)5-12(14)16/h1-6,19H,8H2. The Morgan fingerprint density at radius 1 is 1.26 bits per heavy atom. The van der Waals surface area contributed by atoms with Crippen molar-refractivity contribution in [1.29, 1.82) is 5.26 Å². The van der Waals surface area contributed by atoms with Crippen molar-refractivity contribution in [3.8, 4) is 6.07 Å². The van der Waals surface area contributed by atoms with E-state index in [0.29, 0.717) is 28.4 Å². The van der Waals surface area contributed by atoms with Gasteiger partial charge in [-0.3, -0.25) is 0 Å². The van der Waals surface area contributed by atoms with Crippen LogP contribution in [0.2, 0.25) is 5.02 Å². The lowest BCUT2D eigenvalue weighted by Gasteiger charge is -2.09. The number of hydrogen-bond acceptors (Lipinski definition) is 2. The maximum atomic E-state index is 13.6. The number of nitrogens with zero attached hydrogens (tertiary/aromatic N) is 1. The molecule has 5 heteroatoms. The summed E-state index contributed by atoms with van der Waals surface area (Å²) in [5, 5.41) is 12.2. The first-order valence-electron chi connectivity index (χ1n) is 5.47. The van der Waals surface area contributed by atoms with E-state index in [4.69, 9.17) is 16.9 Å². The molecule has 96 valence electrons. The topological polar surface area (TPSA) is 35.8 Å². The summed E-state index contributed by atoms with van der Waals surface area (Å²) in [5.74, 6) is -0.277. The number of nitrogens with one attached hydrogen (secondary N) is 1. The monoisotopic (exact) mass is 338 g/mol. The molecule has 0 atom stereocenters. The number of halogens is 3. The highest BCUT2D eigenvalue weighted by molar-refractivity contribution is 9.10. The van der Waals surface area contributed by atoms with E-state index in [1.54, 1.807) is 30.3 Å². The molecule has 0 aromatic heterocycles. The molecule has 2 aromatic carbocycles. The van der Waals surface area contributed by atoms with Crippen LogP contribution in [0.3, 0.4) is 0 Å². The number of hydrogen-bond donors (Lipinski definition) is 1. The van der Waals surface area contributed by atoms with E-state index in [2.05, 4.69) is 21.2 Å². The fourth-order valence-electron chi connectivity index (χ4n) is 1.60. The summed E-state index contributed by atoms with van der Waals surface area (Å²) in [7, 11) is 0. The van der Waals surface area contributed by atoms with Crippen LogP contribution < -0.4 is 5.32 Å². The van der Waals surface area contributed by atoms with Gasteiger partial charge in [-0.25, -0.2) is 4.39 Å². The van der Waals surface area contributed by atoms with Crippen molar-refractivity contribution in [3.05, 3.63) is 62.8 Å². The minimum atomic E-state index is -0.277. The zero-order chi connectivity index (χ0) is 13.8. The molecule has 2 nitrogen and oxygen atoms in total. The maximum Gasteiger partial charge on any atom is 0.128 e. The predicted molar refractivity (Wildman–Crippen MR) is 77.6 cm³/mol. The van der Waals surface area contributed by atoms with E-state index in [1.807, 2.05) is 6.07 Å². The average Bonchev–Trinajstić information content (AvgIpc) is 2.40. The van der Waals surface area contributed by atoms with Crippen LogP contribution in [0.25, 0.3) is 0 Å². The van der Waals surface area contributed by atoms with Crippen LogP contribution in [0.5, 0.6) is 0 Å². The summed E-state index contributed by atoms with van der Waals surface area (Å²) in [6.45, 7) is 0.316. The molecule has 2 aromatic rings. The highest BCUT2D eigenvalue weighted by atomic mass is 79.9. The van der Waals surface area contributed by atoms with Crippen LogP contribution in [0, 0.1) is 17.1 Å². The SMILES string of the molecule is N#Cc1ccc(NCc2cc(Br)ccc2F)c(Cl)c1. The van der Waals surface area contributed by atoms with Gasteiger partial charge in [-0.2, -0.15) is 5.26 Å². The summed E-state index contributed by atoms with van der Waals surface area (Å²) >= 11 is 9.33. The van der Waals surface area contributed by atoms with Gasteiger partial charge in [0.1, 0.15) is 5.82 Å². The summed E-state index contributed by atoms with van der Waals surface area (Å²) in [5.41, 5.74) is 1.69. The molecule has 0 amide bonds. The van der Waals surface area contributed by atoms with Gasteiger partial charge in [0.05, 0.1) is 22.3 Å². The minimum absolute atomic E-state index is 0.277.